The lowest BCUT2D eigenvalue weighted by Crippen LogP contribution is -2.30. The predicted octanol–water partition coefficient (Wildman–Crippen LogP) is 18.9. The Morgan fingerprint density at radius 2 is 0.662 bits per heavy atom. The molecule has 0 N–H and O–H groups in total. The highest BCUT2D eigenvalue weighted by molar-refractivity contribution is 5.71. The molecule has 0 bridgehead atoms. The molecule has 0 aliphatic carbocycles. The fourth-order valence-electron chi connectivity index (χ4n) is 7.68. The Balaban J connectivity index is 4.46. The van der Waals surface area contributed by atoms with E-state index in [4.69, 9.17) is 14.2 Å². The molecule has 1 unspecified atom stereocenters. The maximum atomic E-state index is 12.9. The summed E-state index contributed by atoms with van der Waals surface area (Å²) in [7, 11) is 0. The van der Waals surface area contributed by atoms with Gasteiger partial charge >= 0.3 is 17.9 Å². The van der Waals surface area contributed by atoms with Crippen LogP contribution in [0.15, 0.2) is 97.2 Å². The molecule has 0 saturated carbocycles. The van der Waals surface area contributed by atoms with E-state index in [1.54, 1.807) is 0 Å². The highest BCUT2D eigenvalue weighted by Gasteiger charge is 2.19. The molecule has 6 heteroatoms. The van der Waals surface area contributed by atoms with Crippen molar-refractivity contribution >= 4 is 17.9 Å². The second kappa shape index (κ2) is 55.9. The van der Waals surface area contributed by atoms with Gasteiger partial charge in [0.05, 0.1) is 0 Å². The van der Waals surface area contributed by atoms with E-state index in [2.05, 4.69) is 93.7 Å². The summed E-state index contributed by atoms with van der Waals surface area (Å²) in [5, 5.41) is 0. The van der Waals surface area contributed by atoms with Crippen LogP contribution in [0.5, 0.6) is 0 Å². The molecule has 0 fully saturated rings. The summed E-state index contributed by atoms with van der Waals surface area (Å²) >= 11 is 0. The molecule has 68 heavy (non-hydrogen) atoms. The summed E-state index contributed by atoms with van der Waals surface area (Å²) in [6, 6.07) is 0. The highest BCUT2D eigenvalue weighted by atomic mass is 16.6. The average molecular weight is 946 g/mol. The first-order chi connectivity index (χ1) is 33.5. The monoisotopic (exact) mass is 945 g/mol. The van der Waals surface area contributed by atoms with Crippen molar-refractivity contribution in [2.45, 2.75) is 264 Å². The van der Waals surface area contributed by atoms with Gasteiger partial charge in [0, 0.05) is 19.3 Å². The molecule has 388 valence electrons. The van der Waals surface area contributed by atoms with E-state index in [1.165, 1.54) is 103 Å². The number of rotatable bonds is 50. The van der Waals surface area contributed by atoms with Crippen LogP contribution in [0.1, 0.15) is 258 Å². The van der Waals surface area contributed by atoms with Crippen molar-refractivity contribution in [1.82, 2.24) is 0 Å². The van der Waals surface area contributed by atoms with Gasteiger partial charge in [-0.1, -0.05) is 246 Å². The first kappa shape index (κ1) is 64.3. The van der Waals surface area contributed by atoms with E-state index in [0.717, 1.165) is 116 Å². The average Bonchev–Trinajstić information content (AvgIpc) is 3.34. The number of hydrogen-bond acceptors (Lipinski definition) is 6. The van der Waals surface area contributed by atoms with Gasteiger partial charge in [0.25, 0.3) is 0 Å². The molecule has 0 heterocycles. The Kier molecular flexibility index (Phi) is 52.9. The van der Waals surface area contributed by atoms with E-state index in [9.17, 15) is 14.4 Å². The second-order valence-electron chi connectivity index (χ2n) is 18.6. The minimum Gasteiger partial charge on any atom is -0.462 e. The molecule has 0 aliphatic heterocycles. The lowest BCUT2D eigenvalue weighted by Gasteiger charge is -2.18. The number of carbonyl (C=O) groups is 3. The van der Waals surface area contributed by atoms with Crippen molar-refractivity contribution in [3.63, 3.8) is 0 Å². The standard InChI is InChI=1S/C62H104O6/c1-4-7-10-13-16-19-22-25-28-30-32-34-37-40-43-46-49-52-55-61(64)67-58-59(57-66-60(63)54-51-48-45-42-39-36-27-24-21-18-15-12-9-6-3)68-62(65)56-53-50-47-44-41-38-35-33-31-29-26-23-20-17-14-11-8-5-2/h9-10,12-13,16,18-19,21-22,25,28,30,32-35,59H,4-8,11,14-15,17,20,23-24,26-27,29,31,36-58H2,1-3H3/b12-9-,13-10-,19-16-,21-18-,25-22-,30-28-,34-32-,35-33-. The van der Waals surface area contributed by atoms with Crippen LogP contribution in [0.2, 0.25) is 0 Å². The van der Waals surface area contributed by atoms with Gasteiger partial charge in [-0.25, -0.2) is 0 Å². The molecule has 0 spiro atoms. The number of carbonyl (C=O) groups excluding carboxylic acids is 3. The third-order valence-corrected chi connectivity index (χ3v) is 11.9. The van der Waals surface area contributed by atoms with Gasteiger partial charge in [0.1, 0.15) is 13.2 Å². The normalized spacial score (nSPS) is 12.8. The summed E-state index contributed by atoms with van der Waals surface area (Å²) in [6.07, 6.45) is 73.9. The molecule has 0 radical (unpaired) electrons. The lowest BCUT2D eigenvalue weighted by atomic mass is 10.1. The van der Waals surface area contributed by atoms with Gasteiger partial charge in [-0.2, -0.15) is 0 Å². The molecular formula is C62H104O6. The van der Waals surface area contributed by atoms with Gasteiger partial charge < -0.3 is 14.2 Å². The Hall–Kier alpha value is -3.67. The maximum absolute atomic E-state index is 12.9. The zero-order valence-electron chi connectivity index (χ0n) is 44.3. The number of allylic oxidation sites excluding steroid dienone is 16. The van der Waals surface area contributed by atoms with Crippen molar-refractivity contribution in [3.8, 4) is 0 Å². The predicted molar refractivity (Wildman–Crippen MR) is 293 cm³/mol. The largest absolute Gasteiger partial charge is 0.462 e. The Morgan fingerprint density at radius 3 is 1.09 bits per heavy atom. The van der Waals surface area contributed by atoms with E-state index in [-0.39, 0.29) is 31.1 Å². The quantitative estimate of drug-likeness (QED) is 0.0199. The zero-order valence-corrected chi connectivity index (χ0v) is 44.3. The van der Waals surface area contributed by atoms with Crippen LogP contribution in [0, 0.1) is 0 Å². The molecule has 0 aromatic rings. The molecule has 0 saturated heterocycles. The highest BCUT2D eigenvalue weighted by Crippen LogP contribution is 2.15. The van der Waals surface area contributed by atoms with Crippen molar-refractivity contribution in [3.05, 3.63) is 97.2 Å². The van der Waals surface area contributed by atoms with Gasteiger partial charge in [0.15, 0.2) is 6.10 Å². The number of hydrogen-bond donors (Lipinski definition) is 0. The number of unbranched alkanes of at least 4 members (excludes halogenated alkanes) is 27. The SMILES string of the molecule is CC/C=C\C/C=C\CCCCCCCCCC(=O)OCC(COC(=O)CCCCCCC\C=C/C=C\C=C/C=C\C=C/CCC)OC(=O)CCCCCCC/C=C\CCCCCCCCCCC. The van der Waals surface area contributed by atoms with Gasteiger partial charge in [-0.05, 0) is 89.9 Å². The second-order valence-corrected chi connectivity index (χ2v) is 18.6. The van der Waals surface area contributed by atoms with Gasteiger partial charge in [0.2, 0.25) is 0 Å². The zero-order chi connectivity index (χ0) is 49.3. The fraction of sp³-hybridized carbons (Fsp3) is 0.694. The van der Waals surface area contributed by atoms with Crippen molar-refractivity contribution < 1.29 is 28.6 Å². The minimum atomic E-state index is -0.797. The minimum absolute atomic E-state index is 0.0941. The van der Waals surface area contributed by atoms with Crippen molar-refractivity contribution in [2.75, 3.05) is 13.2 Å². The van der Waals surface area contributed by atoms with Crippen LogP contribution in [0.4, 0.5) is 0 Å². The topological polar surface area (TPSA) is 78.9 Å². The van der Waals surface area contributed by atoms with Crippen molar-refractivity contribution in [2.24, 2.45) is 0 Å². The van der Waals surface area contributed by atoms with Crippen LogP contribution in [0.3, 0.4) is 0 Å². The van der Waals surface area contributed by atoms with E-state index in [0.29, 0.717) is 19.3 Å². The van der Waals surface area contributed by atoms with Crippen LogP contribution in [-0.4, -0.2) is 37.2 Å². The van der Waals surface area contributed by atoms with E-state index < -0.39 is 6.10 Å². The summed E-state index contributed by atoms with van der Waals surface area (Å²) in [5.74, 6) is -0.933. The smallest absolute Gasteiger partial charge is 0.306 e. The number of ether oxygens (including phenoxy) is 3. The van der Waals surface area contributed by atoms with Gasteiger partial charge in [-0.15, -0.1) is 0 Å². The molecule has 1 atom stereocenters. The van der Waals surface area contributed by atoms with E-state index in [1.807, 2.05) is 24.3 Å². The van der Waals surface area contributed by atoms with Crippen LogP contribution >= 0.6 is 0 Å². The van der Waals surface area contributed by atoms with Gasteiger partial charge in [-0.3, -0.25) is 14.4 Å². The van der Waals surface area contributed by atoms with E-state index >= 15 is 0 Å². The third kappa shape index (κ3) is 53.3. The third-order valence-electron chi connectivity index (χ3n) is 11.9. The molecule has 0 amide bonds. The summed E-state index contributed by atoms with van der Waals surface area (Å²) in [4.78, 5) is 38.1. The molecule has 0 rings (SSSR count). The van der Waals surface area contributed by atoms with Crippen LogP contribution in [0.25, 0.3) is 0 Å². The summed E-state index contributed by atoms with van der Waals surface area (Å²) < 4.78 is 16.8. The van der Waals surface area contributed by atoms with Crippen LogP contribution in [-0.2, 0) is 28.6 Å². The molecule has 6 nitrogen and oxygen atoms in total. The first-order valence-corrected chi connectivity index (χ1v) is 28.3. The number of esters is 3. The molecule has 0 aromatic heterocycles. The Bertz CT molecular complexity index is 1360. The van der Waals surface area contributed by atoms with Crippen molar-refractivity contribution in [1.29, 1.82) is 0 Å². The Morgan fingerprint density at radius 1 is 0.324 bits per heavy atom. The molecule has 0 aromatic carbocycles. The fourth-order valence-corrected chi connectivity index (χ4v) is 7.68. The van der Waals surface area contributed by atoms with Crippen LogP contribution < -0.4 is 0 Å². The summed E-state index contributed by atoms with van der Waals surface area (Å²) in [5.41, 5.74) is 0. The summed E-state index contributed by atoms with van der Waals surface area (Å²) in [6.45, 7) is 6.42. The molecule has 0 aliphatic rings. The first-order valence-electron chi connectivity index (χ1n) is 28.3. The molecular weight excluding hydrogens is 841 g/mol. The Labute approximate surface area is 419 Å². The lowest BCUT2D eigenvalue weighted by molar-refractivity contribution is -0.167. The maximum Gasteiger partial charge on any atom is 0.306 e.